The van der Waals surface area contributed by atoms with Gasteiger partial charge in [-0.2, -0.15) is 5.10 Å². The SMILES string of the molecule is O=C(Nc1cccc2ccccc12)C1CCCN(c2ccc(-n3cncn3)nn2)C1. The molecule has 1 aliphatic rings. The molecule has 150 valence electrons. The summed E-state index contributed by atoms with van der Waals surface area (Å²) >= 11 is 0. The Morgan fingerprint density at radius 3 is 2.67 bits per heavy atom. The molecular formula is C22H21N7O. The van der Waals surface area contributed by atoms with Crippen LogP contribution in [0.25, 0.3) is 16.6 Å². The van der Waals surface area contributed by atoms with Crippen LogP contribution in [0.4, 0.5) is 11.5 Å². The number of fused-ring (bicyclic) bond motifs is 1. The van der Waals surface area contributed by atoms with Crippen molar-refractivity contribution in [3.63, 3.8) is 0 Å². The summed E-state index contributed by atoms with van der Waals surface area (Å²) in [5.74, 6) is 1.32. The maximum atomic E-state index is 13.0. The average Bonchev–Trinajstić information content (AvgIpc) is 3.35. The molecule has 2 aromatic carbocycles. The number of hydrogen-bond donors (Lipinski definition) is 1. The van der Waals surface area contributed by atoms with Gasteiger partial charge in [0, 0.05) is 24.2 Å². The molecule has 5 rings (SSSR count). The van der Waals surface area contributed by atoms with Crippen LogP contribution >= 0.6 is 0 Å². The Hall–Kier alpha value is -3.81. The lowest BCUT2D eigenvalue weighted by molar-refractivity contribution is -0.120. The Labute approximate surface area is 173 Å². The zero-order chi connectivity index (χ0) is 20.3. The molecule has 0 bridgehead atoms. The second kappa shape index (κ2) is 7.90. The van der Waals surface area contributed by atoms with E-state index in [-0.39, 0.29) is 11.8 Å². The first-order valence-electron chi connectivity index (χ1n) is 10.0. The predicted octanol–water partition coefficient (Wildman–Crippen LogP) is 3.07. The summed E-state index contributed by atoms with van der Waals surface area (Å²) in [7, 11) is 0. The highest BCUT2D eigenvalue weighted by Crippen LogP contribution is 2.26. The first-order chi connectivity index (χ1) is 14.8. The Bertz CT molecular complexity index is 1150. The molecule has 3 heterocycles. The van der Waals surface area contributed by atoms with Crippen molar-refractivity contribution in [3.05, 3.63) is 67.3 Å². The number of anilines is 2. The van der Waals surface area contributed by atoms with Crippen LogP contribution in [0.3, 0.4) is 0 Å². The number of carbonyl (C=O) groups excluding carboxylic acids is 1. The van der Waals surface area contributed by atoms with Gasteiger partial charge in [-0.3, -0.25) is 4.79 Å². The highest BCUT2D eigenvalue weighted by Gasteiger charge is 2.27. The van der Waals surface area contributed by atoms with Crippen LogP contribution in [0.15, 0.2) is 67.3 Å². The van der Waals surface area contributed by atoms with Gasteiger partial charge in [0.25, 0.3) is 0 Å². The normalized spacial score (nSPS) is 16.5. The third kappa shape index (κ3) is 3.59. The Morgan fingerprint density at radius 2 is 1.83 bits per heavy atom. The Kier molecular flexibility index (Phi) is 4.80. The zero-order valence-electron chi connectivity index (χ0n) is 16.3. The highest BCUT2D eigenvalue weighted by molar-refractivity contribution is 6.02. The van der Waals surface area contributed by atoms with Gasteiger partial charge in [-0.05, 0) is 36.4 Å². The molecule has 4 aromatic rings. The minimum Gasteiger partial charge on any atom is -0.354 e. The van der Waals surface area contributed by atoms with Crippen LogP contribution in [0.1, 0.15) is 12.8 Å². The third-order valence-electron chi connectivity index (χ3n) is 5.45. The Morgan fingerprint density at radius 1 is 1.00 bits per heavy atom. The quantitative estimate of drug-likeness (QED) is 0.567. The van der Waals surface area contributed by atoms with Crippen LogP contribution in [0.5, 0.6) is 0 Å². The van der Waals surface area contributed by atoms with Crippen molar-refractivity contribution in [1.82, 2.24) is 25.0 Å². The summed E-state index contributed by atoms with van der Waals surface area (Å²) in [5.41, 5.74) is 0.854. The number of nitrogens with one attached hydrogen (secondary N) is 1. The van der Waals surface area contributed by atoms with Crippen LogP contribution in [-0.2, 0) is 4.79 Å². The van der Waals surface area contributed by atoms with Gasteiger partial charge < -0.3 is 10.2 Å². The van der Waals surface area contributed by atoms with Crippen molar-refractivity contribution >= 4 is 28.2 Å². The first kappa shape index (κ1) is 18.2. The fourth-order valence-corrected chi connectivity index (χ4v) is 3.90. The van der Waals surface area contributed by atoms with Crippen molar-refractivity contribution < 1.29 is 4.79 Å². The summed E-state index contributed by atoms with van der Waals surface area (Å²) in [6.45, 7) is 1.48. The monoisotopic (exact) mass is 399 g/mol. The molecule has 8 nitrogen and oxygen atoms in total. The number of amides is 1. The van der Waals surface area contributed by atoms with Gasteiger partial charge in [-0.1, -0.05) is 36.4 Å². The van der Waals surface area contributed by atoms with Crippen molar-refractivity contribution in [2.24, 2.45) is 5.92 Å². The Balaban J connectivity index is 1.29. The molecule has 0 radical (unpaired) electrons. The number of nitrogens with zero attached hydrogens (tertiary/aromatic N) is 6. The van der Waals surface area contributed by atoms with Crippen molar-refractivity contribution in [2.75, 3.05) is 23.3 Å². The standard InChI is InChI=1S/C22H21N7O/c30-22(25-19-9-3-6-16-5-1-2-8-18(16)19)17-7-4-12-28(13-17)20-10-11-21(27-26-20)29-15-23-14-24-29/h1-3,5-6,8-11,14-15,17H,4,7,12-13H2,(H,25,30). The van der Waals surface area contributed by atoms with E-state index in [2.05, 4.69) is 42.6 Å². The van der Waals surface area contributed by atoms with E-state index in [4.69, 9.17) is 0 Å². The fourth-order valence-electron chi connectivity index (χ4n) is 3.90. The lowest BCUT2D eigenvalue weighted by Crippen LogP contribution is -2.41. The molecule has 30 heavy (non-hydrogen) atoms. The van der Waals surface area contributed by atoms with Gasteiger partial charge in [0.15, 0.2) is 11.6 Å². The molecule has 1 N–H and O–H groups in total. The molecular weight excluding hydrogens is 378 g/mol. The lowest BCUT2D eigenvalue weighted by Gasteiger charge is -2.32. The number of carbonyl (C=O) groups is 1. The smallest absolute Gasteiger partial charge is 0.229 e. The number of rotatable bonds is 4. The van der Waals surface area contributed by atoms with Gasteiger partial charge in [0.2, 0.25) is 5.91 Å². The van der Waals surface area contributed by atoms with E-state index in [1.807, 2.05) is 42.5 Å². The second-order valence-electron chi connectivity index (χ2n) is 7.39. The van der Waals surface area contributed by atoms with E-state index in [0.717, 1.165) is 41.7 Å². The fraction of sp³-hybridized carbons (Fsp3) is 0.227. The second-order valence-corrected chi connectivity index (χ2v) is 7.39. The van der Waals surface area contributed by atoms with Gasteiger partial charge >= 0.3 is 0 Å². The first-order valence-corrected chi connectivity index (χ1v) is 10.0. The molecule has 8 heteroatoms. The molecule has 2 aromatic heterocycles. The molecule has 1 unspecified atom stereocenters. The largest absolute Gasteiger partial charge is 0.354 e. The molecule has 1 saturated heterocycles. The number of hydrogen-bond acceptors (Lipinski definition) is 6. The molecule has 1 amide bonds. The van der Waals surface area contributed by atoms with Crippen molar-refractivity contribution in [1.29, 1.82) is 0 Å². The minimum absolute atomic E-state index is 0.0447. The number of aromatic nitrogens is 5. The molecule has 1 fully saturated rings. The number of benzene rings is 2. The van der Waals surface area contributed by atoms with Gasteiger partial charge in [-0.25, -0.2) is 9.67 Å². The highest BCUT2D eigenvalue weighted by atomic mass is 16.1. The lowest BCUT2D eigenvalue weighted by atomic mass is 9.96. The summed E-state index contributed by atoms with van der Waals surface area (Å²) in [4.78, 5) is 19.0. The van der Waals surface area contributed by atoms with Crippen molar-refractivity contribution in [2.45, 2.75) is 12.8 Å². The summed E-state index contributed by atoms with van der Waals surface area (Å²) in [6.07, 6.45) is 4.83. The molecule has 0 saturated carbocycles. The van der Waals surface area contributed by atoms with Gasteiger partial charge in [0.05, 0.1) is 5.92 Å². The van der Waals surface area contributed by atoms with Gasteiger partial charge in [0.1, 0.15) is 12.7 Å². The van der Waals surface area contributed by atoms with E-state index in [1.54, 1.807) is 11.0 Å². The van der Waals surface area contributed by atoms with Crippen molar-refractivity contribution in [3.8, 4) is 5.82 Å². The van der Waals surface area contributed by atoms with E-state index < -0.39 is 0 Å². The van der Waals surface area contributed by atoms with E-state index in [9.17, 15) is 4.79 Å². The summed E-state index contributed by atoms with van der Waals surface area (Å²) in [6, 6.07) is 17.8. The summed E-state index contributed by atoms with van der Waals surface area (Å²) in [5, 5.41) is 17.9. The molecule has 0 spiro atoms. The third-order valence-corrected chi connectivity index (χ3v) is 5.45. The van der Waals surface area contributed by atoms with E-state index >= 15 is 0 Å². The molecule has 1 atom stereocenters. The maximum absolute atomic E-state index is 13.0. The maximum Gasteiger partial charge on any atom is 0.229 e. The predicted molar refractivity (Wildman–Crippen MR) is 114 cm³/mol. The topological polar surface area (TPSA) is 88.8 Å². The van der Waals surface area contributed by atoms with E-state index in [1.165, 1.54) is 6.33 Å². The van der Waals surface area contributed by atoms with Gasteiger partial charge in [-0.15, -0.1) is 10.2 Å². The van der Waals surface area contributed by atoms with Crippen LogP contribution in [0, 0.1) is 5.92 Å². The minimum atomic E-state index is -0.102. The molecule has 1 aliphatic heterocycles. The molecule has 0 aliphatic carbocycles. The van der Waals surface area contributed by atoms with E-state index in [0.29, 0.717) is 12.4 Å². The average molecular weight is 399 g/mol. The van der Waals surface area contributed by atoms with Crippen LogP contribution < -0.4 is 10.2 Å². The summed E-state index contributed by atoms with van der Waals surface area (Å²) < 4.78 is 1.56. The zero-order valence-corrected chi connectivity index (χ0v) is 16.3. The number of piperidine rings is 1. The van der Waals surface area contributed by atoms with Crippen LogP contribution in [0.2, 0.25) is 0 Å². The van der Waals surface area contributed by atoms with Crippen LogP contribution in [-0.4, -0.2) is 44.0 Å².